The summed E-state index contributed by atoms with van der Waals surface area (Å²) >= 11 is 0. The first-order valence-electron chi connectivity index (χ1n) is 10.9. The van der Waals surface area contributed by atoms with Gasteiger partial charge in [-0.3, -0.25) is 33.4 Å². The summed E-state index contributed by atoms with van der Waals surface area (Å²) in [6, 6.07) is 7.72. The van der Waals surface area contributed by atoms with Crippen molar-refractivity contribution in [2.45, 2.75) is 32.5 Å². The van der Waals surface area contributed by atoms with E-state index in [-0.39, 0.29) is 6.54 Å². The maximum atomic E-state index is 13.0. The molecular formula is C23H25N5O9. The molecule has 1 saturated heterocycles. The van der Waals surface area contributed by atoms with E-state index in [0.717, 1.165) is 11.7 Å². The Hall–Kier alpha value is -4.75. The first kappa shape index (κ1) is 26.8. The Kier molecular flexibility index (Phi) is 7.60. The number of nitrogen functional groups attached to an aromatic ring is 1. The summed E-state index contributed by atoms with van der Waals surface area (Å²) < 4.78 is 10.8. The minimum Gasteiger partial charge on any atom is -0.468 e. The van der Waals surface area contributed by atoms with Crippen LogP contribution in [0.4, 0.5) is 10.6 Å². The van der Waals surface area contributed by atoms with Crippen LogP contribution < -0.4 is 22.3 Å². The van der Waals surface area contributed by atoms with Crippen LogP contribution in [-0.2, 0) is 36.9 Å². The van der Waals surface area contributed by atoms with Gasteiger partial charge < -0.3 is 20.5 Å². The standard InChI is InChI=1S/C23H25N5O9/c1-23(2)20(33)28(21(34)25-23)11-16(31)37-12-14(29)17-18(24)26(9-13-7-5-4-6-8-13)22(35)27(19(17)32)10-15(30)36-3/h4-8H,9-12,24H2,1-3H3,(H,25,34). The highest BCUT2D eigenvalue weighted by atomic mass is 16.5. The molecule has 3 rings (SSSR count). The molecule has 196 valence electrons. The molecule has 37 heavy (non-hydrogen) atoms. The predicted octanol–water partition coefficient (Wildman–Crippen LogP) is -1.13. The number of rotatable bonds is 9. The number of nitrogens with one attached hydrogen (secondary N) is 1. The summed E-state index contributed by atoms with van der Waals surface area (Å²) in [6.45, 7) is 0.244. The van der Waals surface area contributed by atoms with Gasteiger partial charge in [-0.2, -0.15) is 0 Å². The number of esters is 2. The van der Waals surface area contributed by atoms with Crippen molar-refractivity contribution in [3.05, 3.63) is 62.3 Å². The SMILES string of the molecule is COC(=O)Cn1c(=O)c(C(=O)COC(=O)CN2C(=O)NC(C)(C)C2=O)c(N)n(Cc2ccccc2)c1=O. The molecule has 14 nitrogen and oxygen atoms in total. The largest absolute Gasteiger partial charge is 0.468 e. The van der Waals surface area contributed by atoms with E-state index in [4.69, 9.17) is 10.5 Å². The Morgan fingerprint density at radius 2 is 1.62 bits per heavy atom. The number of nitrogens with zero attached hydrogens (tertiary/aromatic N) is 3. The Labute approximate surface area is 209 Å². The number of aromatic nitrogens is 2. The van der Waals surface area contributed by atoms with Gasteiger partial charge in [0.15, 0.2) is 6.61 Å². The Morgan fingerprint density at radius 3 is 2.19 bits per heavy atom. The molecule has 0 unspecified atom stereocenters. The van der Waals surface area contributed by atoms with Crippen LogP contribution in [0.25, 0.3) is 0 Å². The van der Waals surface area contributed by atoms with Crippen LogP contribution in [0.15, 0.2) is 39.9 Å². The lowest BCUT2D eigenvalue weighted by atomic mass is 10.1. The zero-order valence-electron chi connectivity index (χ0n) is 20.3. The molecule has 0 radical (unpaired) electrons. The number of anilines is 1. The Bertz CT molecular complexity index is 1390. The average molecular weight is 515 g/mol. The predicted molar refractivity (Wildman–Crippen MR) is 127 cm³/mol. The number of nitrogens with two attached hydrogens (primary N) is 1. The molecule has 1 fully saturated rings. The summed E-state index contributed by atoms with van der Waals surface area (Å²) in [5.74, 6) is -4.23. The second kappa shape index (κ2) is 10.5. The number of imide groups is 1. The number of hydrogen-bond donors (Lipinski definition) is 2. The maximum Gasteiger partial charge on any atom is 0.333 e. The van der Waals surface area contributed by atoms with Gasteiger partial charge in [0, 0.05) is 0 Å². The lowest BCUT2D eigenvalue weighted by Gasteiger charge is -2.17. The van der Waals surface area contributed by atoms with Crippen LogP contribution in [0, 0.1) is 0 Å². The maximum absolute atomic E-state index is 13.0. The number of ketones is 1. The molecular weight excluding hydrogens is 490 g/mol. The van der Waals surface area contributed by atoms with Gasteiger partial charge in [0.05, 0.1) is 13.7 Å². The summed E-state index contributed by atoms with van der Waals surface area (Å²) in [7, 11) is 1.06. The highest BCUT2D eigenvalue weighted by Crippen LogP contribution is 2.16. The van der Waals surface area contributed by atoms with Crippen molar-refractivity contribution in [2.24, 2.45) is 0 Å². The number of benzene rings is 1. The van der Waals surface area contributed by atoms with E-state index >= 15 is 0 Å². The fraction of sp³-hybridized carbons (Fsp3) is 0.348. The van der Waals surface area contributed by atoms with Crippen LogP contribution in [0.3, 0.4) is 0 Å². The van der Waals surface area contributed by atoms with Gasteiger partial charge in [-0.1, -0.05) is 30.3 Å². The average Bonchev–Trinajstić information content (AvgIpc) is 3.05. The minimum atomic E-state index is -1.21. The van der Waals surface area contributed by atoms with E-state index in [0.29, 0.717) is 15.0 Å². The van der Waals surface area contributed by atoms with E-state index < -0.39 is 77.5 Å². The van der Waals surface area contributed by atoms with Crippen molar-refractivity contribution < 1.29 is 33.4 Å². The number of methoxy groups -OCH3 is 1. The molecule has 3 N–H and O–H groups in total. The van der Waals surface area contributed by atoms with Gasteiger partial charge in [0.1, 0.15) is 30.0 Å². The third kappa shape index (κ3) is 5.58. The lowest BCUT2D eigenvalue weighted by molar-refractivity contribution is -0.146. The molecule has 2 heterocycles. The molecule has 1 aliphatic rings. The molecule has 0 saturated carbocycles. The molecule has 14 heteroatoms. The van der Waals surface area contributed by atoms with E-state index in [1.165, 1.54) is 13.8 Å². The quantitative estimate of drug-likeness (QED) is 0.235. The number of hydrogen-bond acceptors (Lipinski definition) is 10. The monoisotopic (exact) mass is 515 g/mol. The highest BCUT2D eigenvalue weighted by molar-refractivity contribution is 6.08. The van der Waals surface area contributed by atoms with Crippen molar-refractivity contribution in [2.75, 3.05) is 26.0 Å². The van der Waals surface area contributed by atoms with Crippen molar-refractivity contribution in [3.63, 3.8) is 0 Å². The molecule has 2 aromatic rings. The second-order valence-corrected chi connectivity index (χ2v) is 8.61. The van der Waals surface area contributed by atoms with E-state index in [1.807, 2.05) is 0 Å². The molecule has 0 bridgehead atoms. The molecule has 0 aliphatic carbocycles. The topological polar surface area (TPSA) is 189 Å². The van der Waals surface area contributed by atoms with Gasteiger partial charge in [0.25, 0.3) is 11.5 Å². The third-order valence-electron chi connectivity index (χ3n) is 5.54. The van der Waals surface area contributed by atoms with Crippen molar-refractivity contribution in [3.8, 4) is 0 Å². The first-order valence-corrected chi connectivity index (χ1v) is 10.9. The van der Waals surface area contributed by atoms with E-state index in [2.05, 4.69) is 10.1 Å². The van der Waals surface area contributed by atoms with Crippen LogP contribution in [0.1, 0.15) is 29.8 Å². The van der Waals surface area contributed by atoms with Crippen LogP contribution in [0.5, 0.6) is 0 Å². The Morgan fingerprint density at radius 1 is 0.973 bits per heavy atom. The van der Waals surface area contributed by atoms with Crippen molar-refractivity contribution in [1.29, 1.82) is 0 Å². The normalized spacial score (nSPS) is 14.3. The van der Waals surface area contributed by atoms with Crippen LogP contribution in [0.2, 0.25) is 0 Å². The summed E-state index contributed by atoms with van der Waals surface area (Å²) in [4.78, 5) is 87.7. The van der Waals surface area contributed by atoms with Crippen LogP contribution in [-0.4, -0.2) is 69.5 Å². The summed E-state index contributed by atoms with van der Waals surface area (Å²) in [5, 5.41) is 2.39. The van der Waals surface area contributed by atoms with E-state index in [9.17, 15) is 33.6 Å². The van der Waals surface area contributed by atoms with E-state index in [1.54, 1.807) is 30.3 Å². The van der Waals surface area contributed by atoms with Gasteiger partial charge in [-0.05, 0) is 19.4 Å². The fourth-order valence-electron chi connectivity index (χ4n) is 3.58. The number of Topliss-reactive ketones (excluding diaryl/α,β-unsaturated/α-hetero) is 1. The zero-order chi connectivity index (χ0) is 27.5. The number of ether oxygens (including phenoxy) is 2. The Balaban J connectivity index is 1.89. The molecule has 0 spiro atoms. The number of carbonyl (C=O) groups excluding carboxylic acids is 5. The molecule has 1 aromatic carbocycles. The van der Waals surface area contributed by atoms with Crippen molar-refractivity contribution >= 4 is 35.5 Å². The third-order valence-corrected chi connectivity index (χ3v) is 5.54. The number of amides is 3. The van der Waals surface area contributed by atoms with Crippen molar-refractivity contribution in [1.82, 2.24) is 19.4 Å². The molecule has 0 atom stereocenters. The molecule has 1 aromatic heterocycles. The van der Waals surface area contributed by atoms with Gasteiger partial charge in [-0.25, -0.2) is 14.2 Å². The fourth-order valence-corrected chi connectivity index (χ4v) is 3.58. The smallest absolute Gasteiger partial charge is 0.333 e. The highest BCUT2D eigenvalue weighted by Gasteiger charge is 2.45. The van der Waals surface area contributed by atoms with Crippen LogP contribution >= 0.6 is 0 Å². The summed E-state index contributed by atoms with van der Waals surface area (Å²) in [6.07, 6.45) is 0. The number of urea groups is 1. The van der Waals surface area contributed by atoms with Gasteiger partial charge in [-0.15, -0.1) is 0 Å². The first-order chi connectivity index (χ1) is 17.4. The lowest BCUT2D eigenvalue weighted by Crippen LogP contribution is -2.46. The van der Waals surface area contributed by atoms with Gasteiger partial charge >= 0.3 is 23.7 Å². The zero-order valence-corrected chi connectivity index (χ0v) is 20.3. The summed E-state index contributed by atoms with van der Waals surface area (Å²) in [5.41, 5.74) is 2.64. The minimum absolute atomic E-state index is 0.130. The molecule has 3 amide bonds. The second-order valence-electron chi connectivity index (χ2n) is 8.61. The van der Waals surface area contributed by atoms with Gasteiger partial charge in [0.2, 0.25) is 5.78 Å². The number of carbonyl (C=O) groups is 5. The molecule has 1 aliphatic heterocycles.